The maximum atomic E-state index is 13.7. The smallest absolute Gasteiger partial charge is 0.149 e. The summed E-state index contributed by atoms with van der Waals surface area (Å²) in [5, 5.41) is 6.01. The minimum atomic E-state index is -0.683. The Morgan fingerprint density at radius 3 is 2.46 bits per heavy atom. The van der Waals surface area contributed by atoms with Gasteiger partial charge in [-0.2, -0.15) is 0 Å². The molecule has 0 bridgehead atoms. The van der Waals surface area contributed by atoms with E-state index in [0.717, 1.165) is 18.2 Å². The molecule has 1 aromatic heterocycles. The third-order valence-corrected chi connectivity index (χ3v) is 3.74. The molecule has 0 saturated heterocycles. The van der Waals surface area contributed by atoms with Crippen LogP contribution < -0.4 is 15.4 Å². The highest BCUT2D eigenvalue weighted by Gasteiger charge is 2.06. The Morgan fingerprint density at radius 1 is 0.962 bits per heavy atom. The summed E-state index contributed by atoms with van der Waals surface area (Å²) < 4.78 is 31.8. The van der Waals surface area contributed by atoms with Crippen molar-refractivity contribution in [2.75, 3.05) is 24.3 Å². The van der Waals surface area contributed by atoms with Gasteiger partial charge in [0.1, 0.15) is 35.3 Å². The predicted molar refractivity (Wildman–Crippen MR) is 96.9 cm³/mol. The molecule has 3 aromatic rings. The topological polar surface area (TPSA) is 59.1 Å². The van der Waals surface area contributed by atoms with Gasteiger partial charge in [0.2, 0.25) is 0 Å². The van der Waals surface area contributed by atoms with Gasteiger partial charge in [0.25, 0.3) is 0 Å². The Morgan fingerprint density at radius 2 is 1.73 bits per heavy atom. The number of anilines is 3. The van der Waals surface area contributed by atoms with Crippen molar-refractivity contribution >= 4 is 17.3 Å². The van der Waals surface area contributed by atoms with Gasteiger partial charge in [0.15, 0.2) is 0 Å². The molecule has 0 aliphatic rings. The van der Waals surface area contributed by atoms with Crippen LogP contribution in [0.15, 0.2) is 54.9 Å². The van der Waals surface area contributed by atoms with Gasteiger partial charge < -0.3 is 15.4 Å². The van der Waals surface area contributed by atoms with E-state index in [9.17, 15) is 8.78 Å². The average molecular weight is 356 g/mol. The lowest BCUT2D eigenvalue weighted by atomic mass is 10.1. The van der Waals surface area contributed by atoms with E-state index in [-0.39, 0.29) is 5.69 Å². The van der Waals surface area contributed by atoms with Crippen molar-refractivity contribution < 1.29 is 13.5 Å². The zero-order valence-corrected chi connectivity index (χ0v) is 14.2. The van der Waals surface area contributed by atoms with Crippen LogP contribution in [0, 0.1) is 11.6 Å². The lowest BCUT2D eigenvalue weighted by Gasteiger charge is -2.09. The minimum Gasteiger partial charge on any atom is -0.497 e. The van der Waals surface area contributed by atoms with Gasteiger partial charge in [0.05, 0.1) is 12.8 Å². The molecular formula is C19H18F2N4O. The van der Waals surface area contributed by atoms with Crippen LogP contribution in [0.25, 0.3) is 0 Å². The van der Waals surface area contributed by atoms with Gasteiger partial charge in [-0.15, -0.1) is 0 Å². The van der Waals surface area contributed by atoms with Crippen molar-refractivity contribution in [3.05, 3.63) is 72.1 Å². The monoisotopic (exact) mass is 356 g/mol. The fourth-order valence-electron chi connectivity index (χ4n) is 2.38. The summed E-state index contributed by atoms with van der Waals surface area (Å²) in [6, 6.07) is 12.8. The average Bonchev–Trinajstić information content (AvgIpc) is 2.65. The molecule has 3 rings (SSSR count). The SMILES string of the molecule is COc1ccc(CCNc2cc(Nc3ccc(F)cc3F)ncn2)cc1. The lowest BCUT2D eigenvalue weighted by molar-refractivity contribution is 0.414. The minimum absolute atomic E-state index is 0.147. The Kier molecular flexibility index (Phi) is 5.58. The van der Waals surface area contributed by atoms with Crippen LogP contribution in [0.3, 0.4) is 0 Å². The molecule has 1 heterocycles. The summed E-state index contributed by atoms with van der Waals surface area (Å²) in [5.41, 5.74) is 1.31. The Balaban J connectivity index is 1.58. The Hall–Kier alpha value is -3.22. The second kappa shape index (κ2) is 8.24. The molecule has 0 unspecified atom stereocenters. The summed E-state index contributed by atoms with van der Waals surface area (Å²) in [6.07, 6.45) is 2.18. The van der Waals surface area contributed by atoms with E-state index in [4.69, 9.17) is 4.74 Å². The molecule has 0 spiro atoms. The van der Waals surface area contributed by atoms with E-state index < -0.39 is 11.6 Å². The van der Waals surface area contributed by atoms with Crippen LogP contribution in [0.2, 0.25) is 0 Å². The number of hydrogen-bond donors (Lipinski definition) is 2. The zero-order chi connectivity index (χ0) is 18.4. The van der Waals surface area contributed by atoms with Crippen molar-refractivity contribution in [2.45, 2.75) is 6.42 Å². The Bertz CT molecular complexity index is 872. The number of methoxy groups -OCH3 is 1. The molecular weight excluding hydrogens is 338 g/mol. The normalized spacial score (nSPS) is 10.4. The second-order valence-corrected chi connectivity index (χ2v) is 5.56. The van der Waals surface area contributed by atoms with Gasteiger partial charge in [-0.25, -0.2) is 18.7 Å². The van der Waals surface area contributed by atoms with Gasteiger partial charge in [0, 0.05) is 18.7 Å². The summed E-state index contributed by atoms with van der Waals surface area (Å²) in [4.78, 5) is 8.19. The number of aromatic nitrogens is 2. The van der Waals surface area contributed by atoms with Crippen molar-refractivity contribution in [3.63, 3.8) is 0 Å². The third-order valence-electron chi connectivity index (χ3n) is 3.74. The standard InChI is InChI=1S/C19H18F2N4O/c1-26-15-5-2-13(3-6-15)8-9-22-18-11-19(24-12-23-18)25-17-7-4-14(20)10-16(17)21/h2-7,10-12H,8-9H2,1H3,(H2,22,23,24,25). The fourth-order valence-corrected chi connectivity index (χ4v) is 2.38. The van der Waals surface area contributed by atoms with Crippen LogP contribution in [0.1, 0.15) is 5.56 Å². The zero-order valence-electron chi connectivity index (χ0n) is 14.2. The molecule has 2 N–H and O–H groups in total. The highest BCUT2D eigenvalue weighted by atomic mass is 19.1. The molecule has 26 heavy (non-hydrogen) atoms. The number of halogens is 2. The van der Waals surface area contributed by atoms with E-state index in [0.29, 0.717) is 18.2 Å². The van der Waals surface area contributed by atoms with E-state index in [2.05, 4.69) is 20.6 Å². The van der Waals surface area contributed by atoms with Gasteiger partial charge >= 0.3 is 0 Å². The molecule has 7 heteroatoms. The van der Waals surface area contributed by atoms with Crippen molar-refractivity contribution in [1.82, 2.24) is 9.97 Å². The Labute approximate surface area is 150 Å². The quantitative estimate of drug-likeness (QED) is 0.666. The number of hydrogen-bond acceptors (Lipinski definition) is 5. The largest absolute Gasteiger partial charge is 0.497 e. The molecule has 0 amide bonds. The molecule has 0 saturated carbocycles. The summed E-state index contributed by atoms with van der Waals surface area (Å²) in [7, 11) is 1.63. The molecule has 134 valence electrons. The number of nitrogens with one attached hydrogen (secondary N) is 2. The first-order chi connectivity index (χ1) is 12.6. The van der Waals surface area contributed by atoms with Gasteiger partial charge in [-0.05, 0) is 36.2 Å². The summed E-state index contributed by atoms with van der Waals surface area (Å²) in [5.74, 6) is 0.534. The van der Waals surface area contributed by atoms with E-state index in [1.54, 1.807) is 13.2 Å². The first-order valence-electron chi connectivity index (χ1n) is 8.05. The maximum absolute atomic E-state index is 13.7. The van der Waals surface area contributed by atoms with Crippen LogP contribution in [0.5, 0.6) is 5.75 Å². The number of benzene rings is 2. The predicted octanol–water partition coefficient (Wildman–Crippen LogP) is 4.16. The number of nitrogens with zero attached hydrogens (tertiary/aromatic N) is 2. The molecule has 0 fully saturated rings. The van der Waals surface area contributed by atoms with Crippen LogP contribution >= 0.6 is 0 Å². The molecule has 0 aliphatic carbocycles. The van der Waals surface area contributed by atoms with Crippen LogP contribution in [-0.4, -0.2) is 23.6 Å². The second-order valence-electron chi connectivity index (χ2n) is 5.56. The van der Waals surface area contributed by atoms with Crippen LogP contribution in [-0.2, 0) is 6.42 Å². The third kappa shape index (κ3) is 4.66. The summed E-state index contributed by atoms with van der Waals surface area (Å²) in [6.45, 7) is 0.674. The maximum Gasteiger partial charge on any atom is 0.149 e. The highest BCUT2D eigenvalue weighted by Crippen LogP contribution is 2.20. The van der Waals surface area contributed by atoms with Crippen molar-refractivity contribution in [2.24, 2.45) is 0 Å². The lowest BCUT2D eigenvalue weighted by Crippen LogP contribution is -2.07. The van der Waals surface area contributed by atoms with Crippen LogP contribution in [0.4, 0.5) is 26.1 Å². The van der Waals surface area contributed by atoms with Gasteiger partial charge in [-0.1, -0.05) is 12.1 Å². The molecule has 0 atom stereocenters. The van der Waals surface area contributed by atoms with Crippen molar-refractivity contribution in [3.8, 4) is 5.75 Å². The number of ether oxygens (including phenoxy) is 1. The number of rotatable bonds is 7. The molecule has 2 aromatic carbocycles. The highest BCUT2D eigenvalue weighted by molar-refractivity contribution is 5.59. The first-order valence-corrected chi connectivity index (χ1v) is 8.05. The summed E-state index contributed by atoms with van der Waals surface area (Å²) >= 11 is 0. The molecule has 0 radical (unpaired) electrons. The van der Waals surface area contributed by atoms with Crippen molar-refractivity contribution in [1.29, 1.82) is 0 Å². The first kappa shape index (κ1) is 17.6. The molecule has 0 aliphatic heterocycles. The van der Waals surface area contributed by atoms with E-state index in [1.165, 1.54) is 24.0 Å². The van der Waals surface area contributed by atoms with E-state index in [1.807, 2.05) is 24.3 Å². The fraction of sp³-hybridized carbons (Fsp3) is 0.158. The van der Waals surface area contributed by atoms with Gasteiger partial charge in [-0.3, -0.25) is 0 Å². The van der Waals surface area contributed by atoms with E-state index >= 15 is 0 Å². The molecule has 5 nitrogen and oxygen atoms in total.